The quantitative estimate of drug-likeness (QED) is 0.678. The molecule has 0 atom stereocenters. The Morgan fingerprint density at radius 1 is 1.11 bits per heavy atom. The predicted molar refractivity (Wildman–Crippen MR) is 106 cm³/mol. The van der Waals surface area contributed by atoms with Crippen LogP contribution in [0.1, 0.15) is 15.9 Å². The van der Waals surface area contributed by atoms with Crippen molar-refractivity contribution in [1.82, 2.24) is 14.1 Å². The van der Waals surface area contributed by atoms with Gasteiger partial charge >= 0.3 is 0 Å². The van der Waals surface area contributed by atoms with Crippen molar-refractivity contribution in [3.63, 3.8) is 0 Å². The molecule has 8 heteroatoms. The average molecular weight is 396 g/mol. The van der Waals surface area contributed by atoms with Crippen molar-refractivity contribution < 1.29 is 13.2 Å². The summed E-state index contributed by atoms with van der Waals surface area (Å²) in [4.78, 5) is 15.0. The molecule has 1 amide bonds. The van der Waals surface area contributed by atoms with E-state index in [2.05, 4.69) is 5.10 Å². The van der Waals surface area contributed by atoms with E-state index in [4.69, 9.17) is 0 Å². The molecular weight excluding hydrogens is 376 g/mol. The second-order valence-electron chi connectivity index (χ2n) is 6.79. The molecule has 0 unspecified atom stereocenters. The molecule has 3 aromatic rings. The number of carbonyl (C=O) groups excluding carboxylic acids is 1. The predicted octanol–water partition coefficient (Wildman–Crippen LogP) is 2.33. The van der Waals surface area contributed by atoms with E-state index in [1.165, 1.54) is 18.4 Å². The Bertz CT molecular complexity index is 1140. The maximum atomic E-state index is 13.1. The molecule has 28 heavy (non-hydrogen) atoms. The van der Waals surface area contributed by atoms with E-state index in [1.807, 2.05) is 24.4 Å². The summed E-state index contributed by atoms with van der Waals surface area (Å²) in [5.41, 5.74) is 2.99. The SMILES string of the molecule is CN(C)S(=O)(=O)c1ccc2c(c1)CCN2C(=O)c1cccc(-n2cccn2)c1. The van der Waals surface area contributed by atoms with Gasteiger partial charge in [0, 0.05) is 44.3 Å². The van der Waals surface area contributed by atoms with Gasteiger partial charge in [-0.1, -0.05) is 6.07 Å². The number of aromatic nitrogens is 2. The van der Waals surface area contributed by atoms with Gasteiger partial charge in [0.25, 0.3) is 5.91 Å². The minimum absolute atomic E-state index is 0.115. The number of benzene rings is 2. The lowest BCUT2D eigenvalue weighted by atomic mass is 10.1. The average Bonchev–Trinajstić information content (AvgIpc) is 3.37. The molecule has 0 aliphatic carbocycles. The van der Waals surface area contributed by atoms with Gasteiger partial charge in [0.1, 0.15) is 0 Å². The van der Waals surface area contributed by atoms with Gasteiger partial charge in [-0.3, -0.25) is 4.79 Å². The van der Waals surface area contributed by atoms with E-state index in [0.717, 1.165) is 16.9 Å². The summed E-state index contributed by atoms with van der Waals surface area (Å²) in [6.45, 7) is 0.519. The fourth-order valence-electron chi connectivity index (χ4n) is 3.32. The molecule has 0 saturated heterocycles. The van der Waals surface area contributed by atoms with E-state index in [0.29, 0.717) is 18.5 Å². The lowest BCUT2D eigenvalue weighted by Crippen LogP contribution is -2.29. The van der Waals surface area contributed by atoms with Crippen LogP contribution in [0.15, 0.2) is 65.8 Å². The van der Waals surface area contributed by atoms with Crippen LogP contribution < -0.4 is 4.90 Å². The fraction of sp³-hybridized carbons (Fsp3) is 0.200. The third kappa shape index (κ3) is 3.10. The van der Waals surface area contributed by atoms with Gasteiger partial charge in [-0.05, 0) is 54.4 Å². The number of fused-ring (bicyclic) bond motifs is 1. The number of hydrogen-bond acceptors (Lipinski definition) is 4. The molecule has 2 aromatic carbocycles. The number of amides is 1. The molecule has 0 N–H and O–H groups in total. The smallest absolute Gasteiger partial charge is 0.258 e. The summed E-state index contributed by atoms with van der Waals surface area (Å²) in [7, 11) is -0.489. The zero-order valence-corrected chi connectivity index (χ0v) is 16.4. The molecule has 0 bridgehead atoms. The first-order valence-electron chi connectivity index (χ1n) is 8.85. The first-order valence-corrected chi connectivity index (χ1v) is 10.3. The van der Waals surface area contributed by atoms with Crippen molar-refractivity contribution in [3.05, 3.63) is 72.1 Å². The fourth-order valence-corrected chi connectivity index (χ4v) is 4.27. The molecular formula is C20H20N4O3S. The Hall–Kier alpha value is -2.97. The molecule has 0 saturated carbocycles. The van der Waals surface area contributed by atoms with Crippen molar-refractivity contribution in [3.8, 4) is 5.69 Å². The Balaban J connectivity index is 1.65. The van der Waals surface area contributed by atoms with E-state index in [1.54, 1.807) is 46.1 Å². The Labute approximate surface area is 163 Å². The van der Waals surface area contributed by atoms with Crippen LogP contribution in [-0.4, -0.2) is 49.1 Å². The summed E-state index contributed by atoms with van der Waals surface area (Å²) >= 11 is 0. The second-order valence-corrected chi connectivity index (χ2v) is 8.94. The zero-order chi connectivity index (χ0) is 19.9. The second kappa shape index (κ2) is 6.88. The maximum absolute atomic E-state index is 13.1. The zero-order valence-electron chi connectivity index (χ0n) is 15.6. The number of sulfonamides is 1. The van der Waals surface area contributed by atoms with Crippen molar-refractivity contribution in [2.45, 2.75) is 11.3 Å². The van der Waals surface area contributed by atoms with Gasteiger partial charge in [-0.25, -0.2) is 17.4 Å². The number of rotatable bonds is 4. The third-order valence-corrected chi connectivity index (χ3v) is 6.64. The van der Waals surface area contributed by atoms with E-state index < -0.39 is 10.0 Å². The lowest BCUT2D eigenvalue weighted by Gasteiger charge is -2.18. The topological polar surface area (TPSA) is 75.5 Å². The molecule has 144 valence electrons. The van der Waals surface area contributed by atoms with Crippen LogP contribution in [-0.2, 0) is 16.4 Å². The van der Waals surface area contributed by atoms with E-state index in [-0.39, 0.29) is 10.8 Å². The molecule has 0 radical (unpaired) electrons. The van der Waals surface area contributed by atoms with Gasteiger partial charge in [0.15, 0.2) is 0 Å². The Morgan fingerprint density at radius 2 is 1.93 bits per heavy atom. The molecule has 4 rings (SSSR count). The summed E-state index contributed by atoms with van der Waals surface area (Å²) in [6.07, 6.45) is 4.13. The summed E-state index contributed by atoms with van der Waals surface area (Å²) in [5.74, 6) is -0.115. The molecule has 1 aliphatic heterocycles. The largest absolute Gasteiger partial charge is 0.308 e. The van der Waals surface area contributed by atoms with Crippen LogP contribution >= 0.6 is 0 Å². The van der Waals surface area contributed by atoms with Crippen molar-refractivity contribution in [2.75, 3.05) is 25.5 Å². The van der Waals surface area contributed by atoms with Crippen LogP contribution in [0.25, 0.3) is 5.69 Å². The standard InChI is InChI=1S/C20H20N4O3S/c1-22(2)28(26,27)18-7-8-19-15(14-18)9-12-23(19)20(25)16-5-3-6-17(13-16)24-11-4-10-21-24/h3-8,10-11,13-14H,9,12H2,1-2H3. The van der Waals surface area contributed by atoms with Crippen LogP contribution in [0.5, 0.6) is 0 Å². The summed E-state index contributed by atoms with van der Waals surface area (Å²) in [5, 5.41) is 4.20. The van der Waals surface area contributed by atoms with Crippen molar-refractivity contribution >= 4 is 21.6 Å². The lowest BCUT2D eigenvalue weighted by molar-refractivity contribution is 0.0989. The van der Waals surface area contributed by atoms with Crippen LogP contribution in [0.2, 0.25) is 0 Å². The molecule has 7 nitrogen and oxygen atoms in total. The minimum atomic E-state index is -3.50. The Kier molecular flexibility index (Phi) is 4.52. The maximum Gasteiger partial charge on any atom is 0.258 e. The normalized spacial score (nSPS) is 13.8. The Morgan fingerprint density at radius 3 is 2.64 bits per heavy atom. The van der Waals surface area contributed by atoms with Crippen molar-refractivity contribution in [1.29, 1.82) is 0 Å². The highest BCUT2D eigenvalue weighted by atomic mass is 32.2. The number of hydrogen-bond donors (Lipinski definition) is 0. The van der Waals surface area contributed by atoms with Gasteiger partial charge < -0.3 is 4.90 Å². The molecule has 1 aromatic heterocycles. The van der Waals surface area contributed by atoms with E-state index >= 15 is 0 Å². The first-order chi connectivity index (χ1) is 13.4. The van der Waals surface area contributed by atoms with Gasteiger partial charge in [-0.2, -0.15) is 5.10 Å². The molecule has 1 aliphatic rings. The highest BCUT2D eigenvalue weighted by Crippen LogP contribution is 2.32. The summed E-state index contributed by atoms with van der Waals surface area (Å²) < 4.78 is 27.6. The molecule has 0 spiro atoms. The first kappa shape index (κ1) is 18.4. The van der Waals surface area contributed by atoms with Gasteiger partial charge in [-0.15, -0.1) is 0 Å². The third-order valence-electron chi connectivity index (χ3n) is 4.83. The number of nitrogens with zero attached hydrogens (tertiary/aromatic N) is 4. The van der Waals surface area contributed by atoms with Crippen LogP contribution in [0, 0.1) is 0 Å². The molecule has 0 fully saturated rings. The van der Waals surface area contributed by atoms with Gasteiger partial charge in [0.05, 0.1) is 10.6 Å². The van der Waals surface area contributed by atoms with Crippen LogP contribution in [0.3, 0.4) is 0 Å². The van der Waals surface area contributed by atoms with Gasteiger partial charge in [0.2, 0.25) is 10.0 Å². The highest BCUT2D eigenvalue weighted by Gasteiger charge is 2.28. The van der Waals surface area contributed by atoms with Crippen molar-refractivity contribution in [2.24, 2.45) is 0 Å². The summed E-state index contributed by atoms with van der Waals surface area (Å²) in [6, 6.07) is 14.1. The van der Waals surface area contributed by atoms with E-state index in [9.17, 15) is 13.2 Å². The van der Waals surface area contributed by atoms with Crippen LogP contribution in [0.4, 0.5) is 5.69 Å². The minimum Gasteiger partial charge on any atom is -0.308 e. The highest BCUT2D eigenvalue weighted by molar-refractivity contribution is 7.89. The number of carbonyl (C=O) groups is 1. The molecule has 2 heterocycles. The number of anilines is 1. The monoisotopic (exact) mass is 396 g/mol.